The van der Waals surface area contributed by atoms with Crippen molar-refractivity contribution in [2.24, 2.45) is 0 Å². The fourth-order valence-corrected chi connectivity index (χ4v) is 3.62. The maximum absolute atomic E-state index is 12.4. The van der Waals surface area contributed by atoms with E-state index in [0.717, 1.165) is 17.7 Å². The normalized spacial score (nSPS) is 16.8. The van der Waals surface area contributed by atoms with Gasteiger partial charge in [-0.1, -0.05) is 95.8 Å². The molecule has 1 aliphatic heterocycles. The van der Waals surface area contributed by atoms with Crippen molar-refractivity contribution in [3.63, 3.8) is 0 Å². The standard InChI is InChI=1S/C23H35NO3/c1-2-3-4-5-6-7-8-9-10-11-12-16-19-21-22(25)24(23(26)27-21)20-17-14-13-15-18-20/h13-15,17-18,21H,2-12,16,19H2,1H3. The Morgan fingerprint density at radius 3 is 1.85 bits per heavy atom. The molecule has 1 unspecified atom stereocenters. The van der Waals surface area contributed by atoms with Gasteiger partial charge in [-0.2, -0.15) is 0 Å². The molecule has 0 bridgehead atoms. The monoisotopic (exact) mass is 373 g/mol. The van der Waals surface area contributed by atoms with Gasteiger partial charge in [0.15, 0.2) is 6.10 Å². The summed E-state index contributed by atoms with van der Waals surface area (Å²) >= 11 is 0. The highest BCUT2D eigenvalue weighted by molar-refractivity contribution is 6.18. The predicted octanol–water partition coefficient (Wildman–Crippen LogP) is 6.63. The molecule has 1 aromatic carbocycles. The van der Waals surface area contributed by atoms with Crippen LogP contribution in [0.3, 0.4) is 0 Å². The van der Waals surface area contributed by atoms with Crippen LogP contribution in [-0.2, 0) is 9.53 Å². The Hall–Kier alpha value is -1.84. The molecule has 4 heteroatoms. The van der Waals surface area contributed by atoms with Gasteiger partial charge in [-0.3, -0.25) is 4.79 Å². The average Bonchev–Trinajstić information content (AvgIpc) is 2.96. The number of cyclic esters (lactones) is 1. The summed E-state index contributed by atoms with van der Waals surface area (Å²) in [6.07, 6.45) is 14.9. The van der Waals surface area contributed by atoms with Gasteiger partial charge in [0, 0.05) is 0 Å². The number of hydrogen-bond donors (Lipinski definition) is 0. The van der Waals surface area contributed by atoms with Crippen LogP contribution in [0.1, 0.15) is 90.4 Å². The van der Waals surface area contributed by atoms with E-state index in [4.69, 9.17) is 4.74 Å². The average molecular weight is 374 g/mol. The smallest absolute Gasteiger partial charge is 0.422 e. The molecule has 0 radical (unpaired) electrons. The van der Waals surface area contributed by atoms with E-state index < -0.39 is 12.2 Å². The van der Waals surface area contributed by atoms with Gasteiger partial charge >= 0.3 is 6.09 Å². The van der Waals surface area contributed by atoms with Gasteiger partial charge in [0.1, 0.15) is 0 Å². The molecule has 0 spiro atoms. The van der Waals surface area contributed by atoms with Crippen LogP contribution in [0.25, 0.3) is 0 Å². The first-order valence-electron chi connectivity index (χ1n) is 10.8. The van der Waals surface area contributed by atoms with Crippen LogP contribution in [0.5, 0.6) is 0 Å². The van der Waals surface area contributed by atoms with Crippen molar-refractivity contribution in [3.8, 4) is 0 Å². The molecule has 1 saturated heterocycles. The second kappa shape index (κ2) is 12.5. The van der Waals surface area contributed by atoms with Crippen LogP contribution in [0.4, 0.5) is 10.5 Å². The molecule has 2 rings (SSSR count). The van der Waals surface area contributed by atoms with Crippen molar-refractivity contribution in [1.29, 1.82) is 0 Å². The molecule has 1 atom stereocenters. The van der Waals surface area contributed by atoms with Gasteiger partial charge in [-0.15, -0.1) is 0 Å². The molecule has 1 aromatic rings. The summed E-state index contributed by atoms with van der Waals surface area (Å²) in [5, 5.41) is 0. The Balaban J connectivity index is 1.51. The zero-order valence-corrected chi connectivity index (χ0v) is 16.8. The Morgan fingerprint density at radius 2 is 1.30 bits per heavy atom. The predicted molar refractivity (Wildman–Crippen MR) is 110 cm³/mol. The van der Waals surface area contributed by atoms with Crippen molar-refractivity contribution >= 4 is 17.7 Å². The van der Waals surface area contributed by atoms with Crippen LogP contribution < -0.4 is 4.90 Å². The van der Waals surface area contributed by atoms with E-state index in [0.29, 0.717) is 12.1 Å². The van der Waals surface area contributed by atoms with E-state index in [1.54, 1.807) is 12.1 Å². The van der Waals surface area contributed by atoms with Crippen LogP contribution in [0.15, 0.2) is 30.3 Å². The third-order valence-corrected chi connectivity index (χ3v) is 5.26. The summed E-state index contributed by atoms with van der Waals surface area (Å²) in [6.45, 7) is 2.26. The van der Waals surface area contributed by atoms with E-state index in [1.807, 2.05) is 18.2 Å². The number of ether oxygens (including phenoxy) is 1. The number of hydrogen-bond acceptors (Lipinski definition) is 3. The van der Waals surface area contributed by atoms with Gasteiger partial charge in [-0.05, 0) is 25.0 Å². The van der Waals surface area contributed by atoms with Gasteiger partial charge in [-0.25, -0.2) is 9.69 Å². The molecule has 0 aliphatic carbocycles. The number of nitrogens with zero attached hydrogens (tertiary/aromatic N) is 1. The number of unbranched alkanes of at least 4 members (excludes halogenated alkanes) is 11. The number of carbonyl (C=O) groups excluding carboxylic acids is 2. The number of amides is 2. The number of imide groups is 1. The zero-order chi connectivity index (χ0) is 19.3. The van der Waals surface area contributed by atoms with Crippen molar-refractivity contribution in [1.82, 2.24) is 0 Å². The Bertz CT molecular complexity index is 558. The third-order valence-electron chi connectivity index (χ3n) is 5.26. The minimum absolute atomic E-state index is 0.228. The number of benzene rings is 1. The molecule has 0 N–H and O–H groups in total. The van der Waals surface area contributed by atoms with Gasteiger partial charge in [0.2, 0.25) is 0 Å². The second-order valence-electron chi connectivity index (χ2n) is 7.56. The summed E-state index contributed by atoms with van der Waals surface area (Å²) in [4.78, 5) is 25.6. The lowest BCUT2D eigenvalue weighted by molar-refractivity contribution is -0.122. The molecule has 150 valence electrons. The second-order valence-corrected chi connectivity index (χ2v) is 7.56. The number of rotatable bonds is 14. The van der Waals surface area contributed by atoms with Crippen LogP contribution in [0, 0.1) is 0 Å². The lowest BCUT2D eigenvalue weighted by atomic mass is 10.0. The summed E-state index contributed by atoms with van der Waals surface area (Å²) in [7, 11) is 0. The van der Waals surface area contributed by atoms with Crippen LogP contribution in [0.2, 0.25) is 0 Å². The van der Waals surface area contributed by atoms with Crippen molar-refractivity contribution in [2.75, 3.05) is 4.90 Å². The minimum Gasteiger partial charge on any atom is -0.435 e. The maximum atomic E-state index is 12.4. The number of para-hydroxylation sites is 1. The summed E-state index contributed by atoms with van der Waals surface area (Å²) < 4.78 is 5.28. The molecule has 0 aromatic heterocycles. The Labute approximate surface area is 164 Å². The van der Waals surface area contributed by atoms with E-state index in [9.17, 15) is 9.59 Å². The highest BCUT2D eigenvalue weighted by Gasteiger charge is 2.40. The minimum atomic E-state index is -0.610. The Kier molecular flexibility index (Phi) is 9.96. The molecular weight excluding hydrogens is 338 g/mol. The summed E-state index contributed by atoms with van der Waals surface area (Å²) in [5.41, 5.74) is 0.588. The molecule has 1 fully saturated rings. The number of carbonyl (C=O) groups is 2. The molecule has 1 aliphatic rings. The van der Waals surface area contributed by atoms with E-state index in [-0.39, 0.29) is 5.91 Å². The SMILES string of the molecule is CCCCCCCCCCCCCCC1OC(=O)N(c2ccccc2)C1=O. The molecule has 2 amide bonds. The number of anilines is 1. The Morgan fingerprint density at radius 1 is 0.778 bits per heavy atom. The van der Waals surface area contributed by atoms with E-state index in [2.05, 4.69) is 6.92 Å². The summed E-state index contributed by atoms with van der Waals surface area (Å²) in [5.74, 6) is -0.228. The molecule has 27 heavy (non-hydrogen) atoms. The molecule has 0 saturated carbocycles. The van der Waals surface area contributed by atoms with Crippen molar-refractivity contribution < 1.29 is 14.3 Å². The molecular formula is C23H35NO3. The lowest BCUT2D eigenvalue weighted by Gasteiger charge is -2.10. The fraction of sp³-hybridized carbons (Fsp3) is 0.652. The highest BCUT2D eigenvalue weighted by Crippen LogP contribution is 2.25. The largest absolute Gasteiger partial charge is 0.435 e. The first-order valence-corrected chi connectivity index (χ1v) is 10.8. The molecule has 4 nitrogen and oxygen atoms in total. The topological polar surface area (TPSA) is 46.6 Å². The van der Waals surface area contributed by atoms with Gasteiger partial charge in [0.05, 0.1) is 5.69 Å². The van der Waals surface area contributed by atoms with E-state index in [1.165, 1.54) is 64.2 Å². The lowest BCUT2D eigenvalue weighted by Crippen LogP contribution is -2.31. The first-order chi connectivity index (χ1) is 13.2. The van der Waals surface area contributed by atoms with Crippen LogP contribution in [-0.4, -0.2) is 18.1 Å². The molecule has 1 heterocycles. The van der Waals surface area contributed by atoms with Crippen molar-refractivity contribution in [3.05, 3.63) is 30.3 Å². The third kappa shape index (κ3) is 7.36. The summed E-state index contributed by atoms with van der Waals surface area (Å²) in [6, 6.07) is 9.00. The quantitative estimate of drug-likeness (QED) is 0.344. The van der Waals surface area contributed by atoms with Gasteiger partial charge in [0.25, 0.3) is 5.91 Å². The maximum Gasteiger partial charge on any atom is 0.422 e. The first kappa shape index (κ1) is 21.5. The van der Waals surface area contributed by atoms with Gasteiger partial charge < -0.3 is 4.74 Å². The highest BCUT2D eigenvalue weighted by atomic mass is 16.6. The van der Waals surface area contributed by atoms with Crippen molar-refractivity contribution in [2.45, 2.75) is 96.5 Å². The van der Waals surface area contributed by atoms with Crippen LogP contribution >= 0.6 is 0 Å². The fourth-order valence-electron chi connectivity index (χ4n) is 3.62. The zero-order valence-electron chi connectivity index (χ0n) is 16.8. The van der Waals surface area contributed by atoms with E-state index >= 15 is 0 Å².